The van der Waals surface area contributed by atoms with Gasteiger partial charge >= 0.3 is 5.97 Å². The highest BCUT2D eigenvalue weighted by Crippen LogP contribution is 2.50. The predicted octanol–water partition coefficient (Wildman–Crippen LogP) is 9.61. The monoisotopic (exact) mass is 902 g/mol. The van der Waals surface area contributed by atoms with E-state index in [9.17, 15) is 14.3 Å². The quantitative estimate of drug-likeness (QED) is 0.0991. The Kier molecular flexibility index (Phi) is 13.4. The first kappa shape index (κ1) is 44.4. The van der Waals surface area contributed by atoms with Gasteiger partial charge < -0.3 is 29.0 Å². The molecule has 0 saturated carbocycles. The zero-order chi connectivity index (χ0) is 45.0. The van der Waals surface area contributed by atoms with Crippen molar-refractivity contribution in [3.05, 3.63) is 131 Å². The van der Waals surface area contributed by atoms with Crippen LogP contribution >= 0.6 is 22.9 Å². The lowest BCUT2D eigenvalue weighted by atomic mass is 9.78. The fourth-order valence-electron chi connectivity index (χ4n) is 7.93. The number of halogens is 2. The molecule has 1 fully saturated rings. The number of thiophene rings is 1. The van der Waals surface area contributed by atoms with Crippen molar-refractivity contribution in [3.8, 4) is 56.1 Å². The van der Waals surface area contributed by atoms with E-state index in [1.165, 1.54) is 29.8 Å². The van der Waals surface area contributed by atoms with Crippen molar-refractivity contribution in [2.45, 2.75) is 38.9 Å². The molecule has 1 aliphatic heterocycles. The van der Waals surface area contributed by atoms with Crippen LogP contribution in [-0.4, -0.2) is 100 Å². The largest absolute Gasteiger partial charge is 0.496 e. The number of likely N-dealkylation sites (N-methyl/N-ethyl adjacent to an activating group) is 1. The Morgan fingerprint density at radius 2 is 1.62 bits per heavy atom. The Balaban J connectivity index is 1.12. The molecule has 1 atom stereocenters. The van der Waals surface area contributed by atoms with Crippen LogP contribution in [0.15, 0.2) is 104 Å². The van der Waals surface area contributed by atoms with Crippen molar-refractivity contribution in [1.82, 2.24) is 29.7 Å². The molecule has 8 rings (SSSR count). The summed E-state index contributed by atoms with van der Waals surface area (Å²) >= 11 is 8.46. The zero-order valence-electron chi connectivity index (χ0n) is 36.2. The Hall–Kier alpha value is -6.19. The number of carboxylic acid groups (broad SMARTS) is 1. The van der Waals surface area contributed by atoms with E-state index in [0.29, 0.717) is 61.7 Å². The van der Waals surface area contributed by atoms with Crippen LogP contribution < -0.4 is 18.9 Å². The number of hydrogen-bond acceptors (Lipinski definition) is 12. The lowest BCUT2D eigenvalue weighted by Gasteiger charge is -2.33. The molecule has 0 aliphatic carbocycles. The van der Waals surface area contributed by atoms with E-state index in [2.05, 4.69) is 31.8 Å². The van der Waals surface area contributed by atoms with Gasteiger partial charge in [0.25, 0.3) is 0 Å². The first-order chi connectivity index (χ1) is 30.9. The minimum Gasteiger partial charge on any atom is -0.496 e. The summed E-state index contributed by atoms with van der Waals surface area (Å²) in [6.45, 7) is 10.8. The highest BCUT2D eigenvalue weighted by atomic mass is 35.5. The molecule has 0 bridgehead atoms. The van der Waals surface area contributed by atoms with Gasteiger partial charge in [0.15, 0.2) is 5.82 Å². The number of hydrogen-bond donors (Lipinski definition) is 1. The number of benzene rings is 4. The van der Waals surface area contributed by atoms with Crippen molar-refractivity contribution in [2.24, 2.45) is 0 Å². The molecule has 0 unspecified atom stereocenters. The number of aromatic nitrogens is 4. The van der Waals surface area contributed by atoms with E-state index in [4.69, 9.17) is 35.5 Å². The number of nitrogens with zero attached hydrogens (tertiary/aromatic N) is 6. The summed E-state index contributed by atoms with van der Waals surface area (Å²) in [4.78, 5) is 37.8. The topological polar surface area (TPSA) is 132 Å². The molecular weight excluding hydrogens is 855 g/mol. The second-order valence-electron chi connectivity index (χ2n) is 16.1. The molecule has 3 aromatic heterocycles. The fourth-order valence-corrected chi connectivity index (χ4v) is 9.30. The predicted molar refractivity (Wildman–Crippen MR) is 247 cm³/mol. The summed E-state index contributed by atoms with van der Waals surface area (Å²) in [5.41, 5.74) is 3.63. The van der Waals surface area contributed by atoms with Crippen LogP contribution in [0.2, 0.25) is 5.02 Å². The summed E-state index contributed by atoms with van der Waals surface area (Å²) < 4.78 is 39.0. The van der Waals surface area contributed by atoms with Gasteiger partial charge in [0.05, 0.1) is 28.8 Å². The maximum Gasteiger partial charge on any atom is 0.345 e. The Bertz CT molecular complexity index is 2780. The maximum atomic E-state index is 14.3. The van der Waals surface area contributed by atoms with Gasteiger partial charge in [-0.15, -0.1) is 11.3 Å². The van der Waals surface area contributed by atoms with E-state index in [0.717, 1.165) is 59.9 Å². The number of methoxy groups -OCH3 is 1. The second-order valence-corrected chi connectivity index (χ2v) is 17.5. The third kappa shape index (κ3) is 9.36. The SMILES string of the molecule is COc1ccccc1-c1nccc(COc2ccccc2C(C)(C)[C@@H](Oc2ncnc3sc(-c4ccc(F)cc4)c(-c4ccc(OCCN5CCN(C)CC5)c(Cl)c4C)c23)C(=O)O)n1. The minimum absolute atomic E-state index is 0.0661. The fraction of sp³-hybridized carbons (Fsp3) is 0.286. The van der Waals surface area contributed by atoms with Gasteiger partial charge in [-0.2, -0.15) is 0 Å². The van der Waals surface area contributed by atoms with Gasteiger partial charge in [-0.3, -0.25) is 4.90 Å². The molecule has 0 radical (unpaired) electrons. The second kappa shape index (κ2) is 19.3. The summed E-state index contributed by atoms with van der Waals surface area (Å²) in [5.74, 6) is 0.613. The van der Waals surface area contributed by atoms with Crippen LogP contribution in [-0.2, 0) is 16.8 Å². The third-order valence-electron chi connectivity index (χ3n) is 11.6. The zero-order valence-corrected chi connectivity index (χ0v) is 37.8. The number of carboxylic acids is 1. The first-order valence-corrected chi connectivity index (χ1v) is 22.1. The van der Waals surface area contributed by atoms with Crippen LogP contribution in [0.3, 0.4) is 0 Å². The van der Waals surface area contributed by atoms with E-state index in [1.54, 1.807) is 51.4 Å². The summed E-state index contributed by atoms with van der Waals surface area (Å²) in [6, 6.07) is 26.5. The molecule has 1 aliphatic rings. The average molecular weight is 903 g/mol. The summed E-state index contributed by atoms with van der Waals surface area (Å²) in [6.07, 6.45) is 1.55. The molecule has 4 heterocycles. The van der Waals surface area contributed by atoms with E-state index in [1.807, 2.05) is 61.5 Å². The van der Waals surface area contributed by atoms with Crippen LogP contribution in [0.5, 0.6) is 23.1 Å². The van der Waals surface area contributed by atoms with E-state index >= 15 is 0 Å². The number of aliphatic carboxylic acids is 1. The third-order valence-corrected chi connectivity index (χ3v) is 13.2. The van der Waals surface area contributed by atoms with Gasteiger partial charge in [-0.25, -0.2) is 29.1 Å². The van der Waals surface area contributed by atoms with Crippen molar-refractivity contribution in [3.63, 3.8) is 0 Å². The van der Waals surface area contributed by atoms with Gasteiger partial charge in [-0.1, -0.05) is 74.0 Å². The Morgan fingerprint density at radius 3 is 2.38 bits per heavy atom. The molecule has 15 heteroatoms. The average Bonchev–Trinajstić information content (AvgIpc) is 3.70. The number of piperazine rings is 1. The van der Waals surface area contributed by atoms with Gasteiger partial charge in [0, 0.05) is 60.3 Å². The lowest BCUT2D eigenvalue weighted by Crippen LogP contribution is -2.45. The van der Waals surface area contributed by atoms with Crippen molar-refractivity contribution >= 4 is 39.1 Å². The number of rotatable bonds is 16. The van der Waals surface area contributed by atoms with Crippen molar-refractivity contribution in [2.75, 3.05) is 53.5 Å². The number of fused-ring (bicyclic) bond motifs is 1. The molecule has 12 nitrogen and oxygen atoms in total. The Morgan fingerprint density at radius 1 is 0.891 bits per heavy atom. The summed E-state index contributed by atoms with van der Waals surface area (Å²) in [7, 11) is 3.72. The number of para-hydroxylation sites is 2. The van der Waals surface area contributed by atoms with Crippen molar-refractivity contribution in [1.29, 1.82) is 0 Å². The Labute approximate surface area is 380 Å². The number of ether oxygens (including phenoxy) is 4. The van der Waals surface area contributed by atoms with Crippen LogP contribution in [0.1, 0.15) is 30.7 Å². The molecule has 7 aromatic rings. The summed E-state index contributed by atoms with van der Waals surface area (Å²) in [5, 5.41) is 11.9. The van der Waals surface area contributed by atoms with Gasteiger partial charge in [0.2, 0.25) is 12.0 Å². The minimum atomic E-state index is -1.46. The van der Waals surface area contributed by atoms with Gasteiger partial charge in [0.1, 0.15) is 47.4 Å². The van der Waals surface area contributed by atoms with Crippen molar-refractivity contribution < 1.29 is 33.2 Å². The van der Waals surface area contributed by atoms with Crippen LogP contribution in [0, 0.1) is 12.7 Å². The van der Waals surface area contributed by atoms with E-state index in [-0.39, 0.29) is 18.3 Å². The maximum absolute atomic E-state index is 14.3. The van der Waals surface area contributed by atoms with Gasteiger partial charge in [-0.05, 0) is 73.1 Å². The molecule has 1 N–H and O–H groups in total. The highest BCUT2D eigenvalue weighted by Gasteiger charge is 2.42. The first-order valence-electron chi connectivity index (χ1n) is 20.9. The lowest BCUT2D eigenvalue weighted by molar-refractivity contribution is -0.148. The molecule has 64 heavy (non-hydrogen) atoms. The normalized spacial score (nSPS) is 14.0. The molecular formula is C49H48ClFN6O6S. The molecule has 330 valence electrons. The standard InChI is InChI=1S/C49H48ClFN6O6S/c1-30-34(18-19-39(42(30)50)61-27-26-57-24-22-56(4)23-25-57)40-41-46(53-29-54-47(41)64-43(40)31-14-16-32(51)17-15-31)63-44(48(58)59)49(2,3)36-11-7-9-13-38(36)62-28-33-20-21-52-45(55-33)35-10-6-8-12-37(35)60-5/h6-21,29,44H,22-28H2,1-5H3,(H,58,59)/t44-/m0/s1. The highest BCUT2D eigenvalue weighted by molar-refractivity contribution is 7.22. The van der Waals surface area contributed by atoms with E-state index < -0.39 is 17.5 Å². The number of carbonyl (C=O) groups is 1. The molecule has 0 amide bonds. The van der Waals surface area contributed by atoms with Crippen LogP contribution in [0.4, 0.5) is 4.39 Å². The molecule has 4 aromatic carbocycles. The van der Waals surface area contributed by atoms with Crippen LogP contribution in [0.25, 0.3) is 43.2 Å². The smallest absolute Gasteiger partial charge is 0.345 e. The molecule has 1 saturated heterocycles. The molecule has 0 spiro atoms.